The van der Waals surface area contributed by atoms with Gasteiger partial charge in [-0.1, -0.05) is 6.07 Å². The number of benzene rings is 1. The molecular formula is C12H19NO5S2. The van der Waals surface area contributed by atoms with Crippen molar-refractivity contribution in [2.24, 2.45) is 0 Å². The molecule has 0 fully saturated rings. The van der Waals surface area contributed by atoms with Gasteiger partial charge in [0, 0.05) is 6.26 Å². The lowest BCUT2D eigenvalue weighted by Crippen LogP contribution is -2.19. The van der Waals surface area contributed by atoms with Crippen LogP contribution in [0.3, 0.4) is 0 Å². The van der Waals surface area contributed by atoms with Gasteiger partial charge in [-0.05, 0) is 31.0 Å². The Kier molecular flexibility index (Phi) is 5.41. The lowest BCUT2D eigenvalue weighted by molar-refractivity contribution is 0.417. The fourth-order valence-corrected chi connectivity index (χ4v) is 3.60. The summed E-state index contributed by atoms with van der Waals surface area (Å²) >= 11 is 0. The molecule has 8 heteroatoms. The molecule has 6 nitrogen and oxygen atoms in total. The molecule has 0 saturated heterocycles. The SMILES string of the molecule is COc1ccc(C)cc1NS(=O)(=O)CCCS(C)(=O)=O. The molecule has 0 aliphatic heterocycles. The van der Waals surface area contributed by atoms with E-state index >= 15 is 0 Å². The highest BCUT2D eigenvalue weighted by molar-refractivity contribution is 7.93. The number of sulfonamides is 1. The molecule has 0 heterocycles. The Morgan fingerprint density at radius 3 is 2.35 bits per heavy atom. The first kappa shape index (κ1) is 16.8. The number of anilines is 1. The van der Waals surface area contributed by atoms with Crippen molar-refractivity contribution in [1.82, 2.24) is 0 Å². The predicted octanol–water partition coefficient (Wildman–Crippen LogP) is 1.18. The minimum atomic E-state index is -3.60. The second-order valence-electron chi connectivity index (χ2n) is 4.61. The summed E-state index contributed by atoms with van der Waals surface area (Å²) < 4.78 is 53.3. The number of ether oxygens (including phenoxy) is 1. The Morgan fingerprint density at radius 2 is 1.80 bits per heavy atom. The van der Waals surface area contributed by atoms with E-state index in [1.165, 1.54) is 7.11 Å². The zero-order valence-corrected chi connectivity index (χ0v) is 13.3. The van der Waals surface area contributed by atoms with Crippen molar-refractivity contribution < 1.29 is 21.6 Å². The molecule has 0 radical (unpaired) electrons. The maximum Gasteiger partial charge on any atom is 0.232 e. The Morgan fingerprint density at radius 1 is 1.15 bits per heavy atom. The number of rotatable bonds is 7. The zero-order chi connectivity index (χ0) is 15.4. The van der Waals surface area contributed by atoms with Crippen molar-refractivity contribution in [3.8, 4) is 5.75 Å². The molecule has 0 unspecified atom stereocenters. The van der Waals surface area contributed by atoms with Crippen molar-refractivity contribution in [1.29, 1.82) is 0 Å². The molecule has 0 atom stereocenters. The average molecular weight is 321 g/mol. The standard InChI is InChI=1S/C12H19NO5S2/c1-10-5-6-12(18-2)11(9-10)13-20(16,17)8-4-7-19(3,14)15/h5-6,9,13H,4,7-8H2,1-3H3. The third-order valence-electron chi connectivity index (χ3n) is 2.55. The van der Waals surface area contributed by atoms with E-state index in [0.29, 0.717) is 11.4 Å². The van der Waals surface area contributed by atoms with Gasteiger partial charge in [0.05, 0.1) is 24.3 Å². The molecule has 114 valence electrons. The Hall–Kier alpha value is -1.28. The van der Waals surface area contributed by atoms with Gasteiger partial charge in [0.25, 0.3) is 0 Å². The van der Waals surface area contributed by atoms with E-state index in [1.807, 2.05) is 6.92 Å². The molecule has 1 rings (SSSR count). The Balaban J connectivity index is 2.78. The number of aryl methyl sites for hydroxylation is 1. The monoisotopic (exact) mass is 321 g/mol. The third kappa shape index (κ3) is 5.79. The smallest absolute Gasteiger partial charge is 0.232 e. The van der Waals surface area contributed by atoms with Crippen molar-refractivity contribution in [2.75, 3.05) is 29.6 Å². The van der Waals surface area contributed by atoms with Crippen LogP contribution in [0, 0.1) is 6.92 Å². The molecular weight excluding hydrogens is 302 g/mol. The van der Waals surface area contributed by atoms with Crippen LogP contribution in [0.25, 0.3) is 0 Å². The van der Waals surface area contributed by atoms with Gasteiger partial charge in [-0.15, -0.1) is 0 Å². The van der Waals surface area contributed by atoms with Crippen LogP contribution >= 0.6 is 0 Å². The quantitative estimate of drug-likeness (QED) is 0.814. The van der Waals surface area contributed by atoms with Gasteiger partial charge in [0.1, 0.15) is 15.6 Å². The van der Waals surface area contributed by atoms with Gasteiger partial charge in [-0.25, -0.2) is 16.8 Å². The van der Waals surface area contributed by atoms with Crippen molar-refractivity contribution in [3.63, 3.8) is 0 Å². The molecule has 1 aromatic carbocycles. The molecule has 0 aliphatic rings. The minimum absolute atomic E-state index is 0.0578. The fraction of sp³-hybridized carbons (Fsp3) is 0.500. The van der Waals surface area contributed by atoms with E-state index in [2.05, 4.69) is 4.72 Å². The van der Waals surface area contributed by atoms with Gasteiger partial charge in [-0.2, -0.15) is 0 Å². The topological polar surface area (TPSA) is 89.5 Å². The summed E-state index contributed by atoms with van der Waals surface area (Å²) in [4.78, 5) is 0. The van der Waals surface area contributed by atoms with E-state index in [9.17, 15) is 16.8 Å². The van der Waals surface area contributed by atoms with Crippen LogP contribution < -0.4 is 9.46 Å². The third-order valence-corrected chi connectivity index (χ3v) is 4.94. The zero-order valence-electron chi connectivity index (χ0n) is 11.7. The van der Waals surface area contributed by atoms with Crippen LogP contribution in [0.5, 0.6) is 5.75 Å². The number of hydrogen-bond donors (Lipinski definition) is 1. The van der Waals surface area contributed by atoms with Crippen LogP contribution in [0.4, 0.5) is 5.69 Å². The second kappa shape index (κ2) is 6.45. The largest absolute Gasteiger partial charge is 0.495 e. The summed E-state index contributed by atoms with van der Waals surface area (Å²) in [5, 5.41) is 0. The highest BCUT2D eigenvalue weighted by Crippen LogP contribution is 2.26. The summed E-state index contributed by atoms with van der Waals surface area (Å²) in [6, 6.07) is 5.14. The number of nitrogens with one attached hydrogen (secondary N) is 1. The van der Waals surface area contributed by atoms with Crippen molar-refractivity contribution >= 4 is 25.5 Å². The fourth-order valence-electron chi connectivity index (χ4n) is 1.63. The summed E-state index contributed by atoms with van der Waals surface area (Å²) in [6.07, 6.45) is 1.14. The molecule has 0 aliphatic carbocycles. The summed E-state index contributed by atoms with van der Waals surface area (Å²) in [6.45, 7) is 1.83. The normalized spacial score (nSPS) is 12.2. The molecule has 0 amide bonds. The highest BCUT2D eigenvalue weighted by atomic mass is 32.2. The lowest BCUT2D eigenvalue weighted by Gasteiger charge is -2.12. The average Bonchev–Trinajstić information content (AvgIpc) is 2.26. The van der Waals surface area contributed by atoms with Gasteiger partial charge in [-0.3, -0.25) is 4.72 Å². The lowest BCUT2D eigenvalue weighted by atomic mass is 10.2. The van der Waals surface area contributed by atoms with Crippen LogP contribution in [0.15, 0.2) is 18.2 Å². The summed E-state index contributed by atoms with van der Waals surface area (Å²) in [7, 11) is -5.31. The summed E-state index contributed by atoms with van der Waals surface area (Å²) in [5.41, 5.74) is 1.24. The predicted molar refractivity (Wildman–Crippen MR) is 79.5 cm³/mol. The van der Waals surface area contributed by atoms with Gasteiger partial charge < -0.3 is 4.74 Å². The van der Waals surface area contributed by atoms with Crippen LogP contribution in [0.1, 0.15) is 12.0 Å². The molecule has 0 saturated carbocycles. The summed E-state index contributed by atoms with van der Waals surface area (Å²) in [5.74, 6) is 0.0121. The van der Waals surface area contributed by atoms with E-state index in [0.717, 1.165) is 11.8 Å². The molecule has 1 aromatic rings. The molecule has 0 bridgehead atoms. The Bertz CT molecular complexity index is 665. The van der Waals surface area contributed by atoms with Crippen molar-refractivity contribution in [3.05, 3.63) is 23.8 Å². The van der Waals surface area contributed by atoms with E-state index in [-0.39, 0.29) is 17.9 Å². The van der Waals surface area contributed by atoms with Crippen LogP contribution in [0.2, 0.25) is 0 Å². The second-order valence-corrected chi connectivity index (χ2v) is 8.71. The van der Waals surface area contributed by atoms with Crippen molar-refractivity contribution in [2.45, 2.75) is 13.3 Å². The first-order valence-electron chi connectivity index (χ1n) is 5.96. The van der Waals surface area contributed by atoms with Crippen LogP contribution in [-0.4, -0.2) is 41.7 Å². The van der Waals surface area contributed by atoms with Crippen LogP contribution in [-0.2, 0) is 19.9 Å². The molecule has 20 heavy (non-hydrogen) atoms. The highest BCUT2D eigenvalue weighted by Gasteiger charge is 2.15. The molecule has 0 aromatic heterocycles. The first-order chi connectivity index (χ1) is 9.13. The Labute approximate surface area is 120 Å². The molecule has 1 N–H and O–H groups in total. The number of hydrogen-bond acceptors (Lipinski definition) is 5. The maximum absolute atomic E-state index is 11.9. The minimum Gasteiger partial charge on any atom is -0.495 e. The van der Waals surface area contributed by atoms with E-state index in [4.69, 9.17) is 4.74 Å². The van der Waals surface area contributed by atoms with Gasteiger partial charge >= 0.3 is 0 Å². The number of methoxy groups -OCH3 is 1. The maximum atomic E-state index is 11.9. The molecule has 0 spiro atoms. The number of sulfone groups is 1. The van der Waals surface area contributed by atoms with Gasteiger partial charge in [0.2, 0.25) is 10.0 Å². The van der Waals surface area contributed by atoms with E-state index in [1.54, 1.807) is 18.2 Å². The van der Waals surface area contributed by atoms with Gasteiger partial charge in [0.15, 0.2) is 0 Å². The first-order valence-corrected chi connectivity index (χ1v) is 9.67. The van der Waals surface area contributed by atoms with E-state index < -0.39 is 19.9 Å².